The molecule has 0 spiro atoms. The van der Waals surface area contributed by atoms with Gasteiger partial charge in [0.1, 0.15) is 23.1 Å². The number of benzene rings is 1. The first-order valence-corrected chi connectivity index (χ1v) is 9.76. The lowest BCUT2D eigenvalue weighted by Gasteiger charge is -2.25. The van der Waals surface area contributed by atoms with Gasteiger partial charge in [0.05, 0.1) is 19.3 Å². The van der Waals surface area contributed by atoms with Crippen LogP contribution in [-0.2, 0) is 17.9 Å². The van der Waals surface area contributed by atoms with Gasteiger partial charge in [-0.3, -0.25) is 4.79 Å². The maximum Gasteiger partial charge on any atom is 0.225 e. The second-order valence-corrected chi connectivity index (χ2v) is 7.91. The van der Waals surface area contributed by atoms with E-state index in [0.29, 0.717) is 19.1 Å². The molecule has 0 radical (unpaired) electrons. The molecule has 0 saturated carbocycles. The molecule has 1 heterocycles. The van der Waals surface area contributed by atoms with Gasteiger partial charge in [-0.1, -0.05) is 27.7 Å². The molecule has 26 heavy (non-hydrogen) atoms. The Labute approximate surface area is 160 Å². The maximum absolute atomic E-state index is 12.4. The van der Waals surface area contributed by atoms with Crippen molar-refractivity contribution < 1.29 is 14.3 Å². The summed E-state index contributed by atoms with van der Waals surface area (Å²) in [6.45, 7) is 9.82. The van der Waals surface area contributed by atoms with Gasteiger partial charge in [0.25, 0.3) is 0 Å². The van der Waals surface area contributed by atoms with Crippen molar-refractivity contribution in [2.24, 2.45) is 11.8 Å². The fraction of sp³-hybridized carbons (Fsp3) is 0.500. The molecule has 1 aromatic carbocycles. The molecule has 0 fully saturated rings. The van der Waals surface area contributed by atoms with Crippen molar-refractivity contribution in [3.05, 3.63) is 40.3 Å². The summed E-state index contributed by atoms with van der Waals surface area (Å²) in [5.41, 5.74) is 0.915. The van der Waals surface area contributed by atoms with Crippen LogP contribution in [0.15, 0.2) is 29.6 Å². The van der Waals surface area contributed by atoms with Crippen LogP contribution in [-0.4, -0.2) is 29.4 Å². The molecule has 2 aromatic rings. The molecule has 5 nitrogen and oxygen atoms in total. The number of hydrogen-bond donors (Lipinski definition) is 0. The maximum atomic E-state index is 12.4. The van der Waals surface area contributed by atoms with Gasteiger partial charge in [0, 0.05) is 17.8 Å². The van der Waals surface area contributed by atoms with Gasteiger partial charge in [-0.15, -0.1) is 11.3 Å². The van der Waals surface area contributed by atoms with E-state index in [2.05, 4.69) is 18.8 Å². The van der Waals surface area contributed by atoms with Gasteiger partial charge in [0.2, 0.25) is 5.91 Å². The lowest BCUT2D eigenvalue weighted by atomic mass is 10.1. The van der Waals surface area contributed by atoms with E-state index < -0.39 is 0 Å². The number of methoxy groups -OCH3 is 1. The summed E-state index contributed by atoms with van der Waals surface area (Å²) in [6.07, 6.45) is 0. The van der Waals surface area contributed by atoms with Crippen LogP contribution < -0.4 is 9.47 Å². The highest BCUT2D eigenvalue weighted by atomic mass is 32.1. The van der Waals surface area contributed by atoms with E-state index in [0.717, 1.165) is 28.7 Å². The Hall–Kier alpha value is -2.08. The molecular weight excluding hydrogens is 348 g/mol. The largest absolute Gasteiger partial charge is 0.497 e. The minimum Gasteiger partial charge on any atom is -0.497 e. The van der Waals surface area contributed by atoms with Crippen LogP contribution >= 0.6 is 11.3 Å². The van der Waals surface area contributed by atoms with Crippen LogP contribution in [0, 0.1) is 11.8 Å². The summed E-state index contributed by atoms with van der Waals surface area (Å²) in [4.78, 5) is 18.9. The highest BCUT2D eigenvalue weighted by Crippen LogP contribution is 2.20. The monoisotopic (exact) mass is 376 g/mol. The van der Waals surface area contributed by atoms with Crippen molar-refractivity contribution in [2.75, 3.05) is 13.7 Å². The van der Waals surface area contributed by atoms with Crippen molar-refractivity contribution in [3.63, 3.8) is 0 Å². The number of ether oxygens (including phenoxy) is 2. The summed E-state index contributed by atoms with van der Waals surface area (Å²) in [5, 5.41) is 2.91. The molecule has 0 N–H and O–H groups in total. The van der Waals surface area contributed by atoms with Crippen LogP contribution in [0.5, 0.6) is 11.5 Å². The zero-order valence-corrected chi connectivity index (χ0v) is 17.0. The standard InChI is InChI=1S/C20H28N2O3S/c1-14(2)10-22(20(23)15(3)4)11-16-13-26-19(21-16)12-25-18-8-6-17(24-5)7-9-18/h6-9,13-15H,10-12H2,1-5H3. The third kappa shape index (κ3) is 6.02. The van der Waals surface area contributed by atoms with Gasteiger partial charge in [0.15, 0.2) is 0 Å². The number of hydrogen-bond acceptors (Lipinski definition) is 5. The Kier molecular flexibility index (Phi) is 7.45. The number of thiazole rings is 1. The van der Waals surface area contributed by atoms with Crippen molar-refractivity contribution in [2.45, 2.75) is 40.8 Å². The summed E-state index contributed by atoms with van der Waals surface area (Å²) in [6, 6.07) is 7.48. The SMILES string of the molecule is COc1ccc(OCc2nc(CN(CC(C)C)C(=O)C(C)C)cs2)cc1. The lowest BCUT2D eigenvalue weighted by molar-refractivity contribution is -0.135. The number of rotatable bonds is 9. The number of amides is 1. The molecule has 0 aliphatic heterocycles. The summed E-state index contributed by atoms with van der Waals surface area (Å²) in [7, 11) is 1.64. The predicted molar refractivity (Wildman–Crippen MR) is 105 cm³/mol. The molecule has 2 rings (SSSR count). The van der Waals surface area contributed by atoms with Gasteiger partial charge in [-0.25, -0.2) is 4.98 Å². The molecule has 0 unspecified atom stereocenters. The quantitative estimate of drug-likeness (QED) is 0.652. The van der Waals surface area contributed by atoms with E-state index in [1.807, 2.05) is 48.4 Å². The topological polar surface area (TPSA) is 51.7 Å². The van der Waals surface area contributed by atoms with E-state index >= 15 is 0 Å². The molecule has 6 heteroatoms. The number of carbonyl (C=O) groups is 1. The van der Waals surface area contributed by atoms with E-state index in [-0.39, 0.29) is 11.8 Å². The fourth-order valence-electron chi connectivity index (χ4n) is 2.54. The van der Waals surface area contributed by atoms with E-state index in [9.17, 15) is 4.79 Å². The fourth-order valence-corrected chi connectivity index (χ4v) is 3.24. The number of nitrogens with zero attached hydrogens (tertiary/aromatic N) is 2. The van der Waals surface area contributed by atoms with Crippen molar-refractivity contribution >= 4 is 17.2 Å². The highest BCUT2D eigenvalue weighted by molar-refractivity contribution is 7.09. The zero-order valence-electron chi connectivity index (χ0n) is 16.2. The highest BCUT2D eigenvalue weighted by Gasteiger charge is 2.19. The third-order valence-electron chi connectivity index (χ3n) is 3.77. The second kappa shape index (κ2) is 9.57. The van der Waals surface area contributed by atoms with Crippen LogP contribution in [0.25, 0.3) is 0 Å². The lowest BCUT2D eigenvalue weighted by Crippen LogP contribution is -2.36. The van der Waals surface area contributed by atoms with E-state index in [4.69, 9.17) is 9.47 Å². The average molecular weight is 377 g/mol. The minimum absolute atomic E-state index is 0.00902. The zero-order chi connectivity index (χ0) is 19.1. The van der Waals surface area contributed by atoms with Crippen molar-refractivity contribution in [1.82, 2.24) is 9.88 Å². The minimum atomic E-state index is -0.00902. The van der Waals surface area contributed by atoms with Crippen molar-refractivity contribution in [3.8, 4) is 11.5 Å². The molecule has 0 saturated heterocycles. The third-order valence-corrected chi connectivity index (χ3v) is 4.64. The molecule has 1 amide bonds. The van der Waals surface area contributed by atoms with Gasteiger partial charge in [-0.2, -0.15) is 0 Å². The van der Waals surface area contributed by atoms with E-state index in [1.165, 1.54) is 0 Å². The van der Waals surface area contributed by atoms with Gasteiger partial charge < -0.3 is 14.4 Å². The normalized spacial score (nSPS) is 11.0. The smallest absolute Gasteiger partial charge is 0.225 e. The first-order chi connectivity index (χ1) is 12.4. The summed E-state index contributed by atoms with van der Waals surface area (Å²) in [5.74, 6) is 2.16. The Bertz CT molecular complexity index is 695. The molecule has 142 valence electrons. The summed E-state index contributed by atoms with van der Waals surface area (Å²) < 4.78 is 10.9. The first kappa shape index (κ1) is 20.2. The molecule has 0 aliphatic carbocycles. The molecular formula is C20H28N2O3S. The first-order valence-electron chi connectivity index (χ1n) is 8.88. The number of carbonyl (C=O) groups excluding carboxylic acids is 1. The molecule has 0 aliphatic rings. The Morgan fingerprint density at radius 3 is 2.38 bits per heavy atom. The van der Waals surface area contributed by atoms with E-state index in [1.54, 1.807) is 18.4 Å². The van der Waals surface area contributed by atoms with Crippen molar-refractivity contribution in [1.29, 1.82) is 0 Å². The van der Waals surface area contributed by atoms with Gasteiger partial charge >= 0.3 is 0 Å². The molecule has 1 aromatic heterocycles. The Morgan fingerprint density at radius 2 is 1.81 bits per heavy atom. The van der Waals surface area contributed by atoms with Crippen LogP contribution in [0.2, 0.25) is 0 Å². The second-order valence-electron chi connectivity index (χ2n) is 6.96. The van der Waals surface area contributed by atoms with Crippen LogP contribution in [0.1, 0.15) is 38.4 Å². The summed E-state index contributed by atoms with van der Waals surface area (Å²) >= 11 is 1.56. The van der Waals surface area contributed by atoms with Crippen LogP contribution in [0.4, 0.5) is 0 Å². The average Bonchev–Trinajstić information content (AvgIpc) is 3.06. The Morgan fingerprint density at radius 1 is 1.15 bits per heavy atom. The molecule has 0 bridgehead atoms. The predicted octanol–water partition coefficient (Wildman–Crippen LogP) is 4.37. The molecule has 0 atom stereocenters. The van der Waals surface area contributed by atoms with Crippen LogP contribution in [0.3, 0.4) is 0 Å². The van der Waals surface area contributed by atoms with Gasteiger partial charge in [-0.05, 0) is 30.2 Å². The number of aromatic nitrogens is 1. The Balaban J connectivity index is 1.95.